The highest BCUT2D eigenvalue weighted by Gasteiger charge is 2.32. The highest BCUT2D eigenvalue weighted by molar-refractivity contribution is 7.15. The maximum absolute atomic E-state index is 13.3. The number of carbonyl (C=O) groups excluding carboxylic acids is 1. The Balaban J connectivity index is 1.73. The van der Waals surface area contributed by atoms with Gasteiger partial charge in [0.25, 0.3) is 11.5 Å². The summed E-state index contributed by atoms with van der Waals surface area (Å²) in [7, 11) is 2.74. The molecule has 170 valence electrons. The van der Waals surface area contributed by atoms with E-state index in [1.165, 1.54) is 31.0 Å². The van der Waals surface area contributed by atoms with Crippen LogP contribution in [0.5, 0.6) is 5.75 Å². The van der Waals surface area contributed by atoms with E-state index in [0.717, 1.165) is 42.4 Å². The van der Waals surface area contributed by atoms with Crippen LogP contribution in [-0.2, 0) is 13.2 Å². The minimum Gasteiger partial charge on any atom is -0.496 e. The first-order valence-electron chi connectivity index (χ1n) is 9.78. The third-order valence-corrected chi connectivity index (χ3v) is 5.65. The fourth-order valence-corrected chi connectivity index (χ4v) is 3.61. The zero-order chi connectivity index (χ0) is 23.8. The molecule has 0 atom stereocenters. The van der Waals surface area contributed by atoms with Crippen LogP contribution in [0.25, 0.3) is 11.1 Å². The van der Waals surface area contributed by atoms with Crippen LogP contribution in [0.4, 0.5) is 18.3 Å². The number of anilines is 1. The van der Waals surface area contributed by atoms with Gasteiger partial charge in [0, 0.05) is 36.4 Å². The van der Waals surface area contributed by atoms with Gasteiger partial charge in [-0.3, -0.25) is 14.9 Å². The SMILES string of the molecule is COc1ccc(C(F)(F)F)cc1-c1cn(C)c(=O)cc1C(=O)Nc1nnc(C#CC2CC2)s1. The van der Waals surface area contributed by atoms with E-state index in [4.69, 9.17) is 4.74 Å². The Morgan fingerprint density at radius 1 is 1.24 bits per heavy atom. The lowest BCUT2D eigenvalue weighted by Gasteiger charge is -2.16. The fourth-order valence-electron chi connectivity index (χ4n) is 3.01. The second-order valence-corrected chi connectivity index (χ2v) is 8.35. The van der Waals surface area contributed by atoms with Crippen molar-refractivity contribution in [3.8, 4) is 28.7 Å². The minimum absolute atomic E-state index is 0.0151. The van der Waals surface area contributed by atoms with E-state index in [9.17, 15) is 22.8 Å². The van der Waals surface area contributed by atoms with Crippen LogP contribution in [0.15, 0.2) is 35.3 Å². The summed E-state index contributed by atoms with van der Waals surface area (Å²) in [5, 5.41) is 10.9. The number of hydrogen-bond donors (Lipinski definition) is 1. The Morgan fingerprint density at radius 2 is 2.00 bits per heavy atom. The van der Waals surface area contributed by atoms with Gasteiger partial charge in [-0.25, -0.2) is 0 Å². The molecule has 11 heteroatoms. The van der Waals surface area contributed by atoms with Crippen LogP contribution in [0.1, 0.15) is 33.8 Å². The number of rotatable bonds is 4. The summed E-state index contributed by atoms with van der Waals surface area (Å²) in [4.78, 5) is 25.3. The normalized spacial score (nSPS) is 13.2. The first kappa shape index (κ1) is 22.5. The topological polar surface area (TPSA) is 86.1 Å². The largest absolute Gasteiger partial charge is 0.496 e. The zero-order valence-corrected chi connectivity index (χ0v) is 18.3. The second-order valence-electron chi connectivity index (χ2n) is 7.37. The van der Waals surface area contributed by atoms with Gasteiger partial charge in [0.1, 0.15) is 5.75 Å². The van der Waals surface area contributed by atoms with Gasteiger partial charge in [-0.05, 0) is 37.0 Å². The number of aryl methyl sites for hydroxylation is 1. The summed E-state index contributed by atoms with van der Waals surface area (Å²) >= 11 is 1.06. The molecule has 0 aliphatic heterocycles. The number of nitrogens with zero attached hydrogens (tertiary/aromatic N) is 3. The van der Waals surface area contributed by atoms with Crippen LogP contribution in [0, 0.1) is 17.8 Å². The number of nitrogens with one attached hydrogen (secondary N) is 1. The molecular formula is C22H17F3N4O3S. The van der Waals surface area contributed by atoms with Gasteiger partial charge in [-0.15, -0.1) is 10.2 Å². The number of methoxy groups -OCH3 is 1. The smallest absolute Gasteiger partial charge is 0.416 e. The van der Waals surface area contributed by atoms with E-state index in [0.29, 0.717) is 10.9 Å². The summed E-state index contributed by atoms with van der Waals surface area (Å²) < 4.78 is 46.4. The number of pyridine rings is 1. The molecule has 1 aliphatic rings. The summed E-state index contributed by atoms with van der Waals surface area (Å²) in [6.07, 6.45) is -1.20. The van der Waals surface area contributed by atoms with Crippen molar-refractivity contribution in [3.05, 3.63) is 57.0 Å². The van der Waals surface area contributed by atoms with Crippen molar-refractivity contribution in [3.63, 3.8) is 0 Å². The molecule has 1 aromatic carbocycles. The Bertz CT molecular complexity index is 1350. The van der Waals surface area contributed by atoms with Gasteiger partial charge >= 0.3 is 6.18 Å². The van der Waals surface area contributed by atoms with E-state index >= 15 is 0 Å². The quantitative estimate of drug-likeness (QED) is 0.579. The van der Waals surface area contributed by atoms with E-state index in [1.54, 1.807) is 0 Å². The predicted octanol–water partition coefficient (Wildman–Crippen LogP) is 3.95. The molecule has 1 fully saturated rings. The van der Waals surface area contributed by atoms with Crippen molar-refractivity contribution >= 4 is 22.4 Å². The molecule has 0 saturated heterocycles. The summed E-state index contributed by atoms with van der Waals surface area (Å²) in [6, 6.07) is 3.99. The van der Waals surface area contributed by atoms with E-state index in [1.807, 2.05) is 0 Å². The van der Waals surface area contributed by atoms with Crippen LogP contribution >= 0.6 is 11.3 Å². The molecule has 1 aliphatic carbocycles. The van der Waals surface area contributed by atoms with Crippen LogP contribution in [0.3, 0.4) is 0 Å². The molecule has 0 bridgehead atoms. The number of alkyl halides is 3. The van der Waals surface area contributed by atoms with Crippen LogP contribution < -0.4 is 15.6 Å². The molecular weight excluding hydrogens is 457 g/mol. The van der Waals surface area contributed by atoms with Crippen LogP contribution in [0.2, 0.25) is 0 Å². The van der Waals surface area contributed by atoms with Crippen molar-refractivity contribution in [1.29, 1.82) is 0 Å². The van der Waals surface area contributed by atoms with Gasteiger partial charge in [0.2, 0.25) is 5.13 Å². The molecule has 3 aromatic rings. The third kappa shape index (κ3) is 5.06. The van der Waals surface area contributed by atoms with Gasteiger partial charge in [0.15, 0.2) is 5.01 Å². The average Bonchev–Trinajstić information content (AvgIpc) is 3.50. The van der Waals surface area contributed by atoms with E-state index in [-0.39, 0.29) is 27.6 Å². The van der Waals surface area contributed by atoms with Gasteiger partial charge in [0.05, 0.1) is 18.2 Å². The molecule has 33 heavy (non-hydrogen) atoms. The average molecular weight is 474 g/mol. The minimum atomic E-state index is -4.60. The van der Waals surface area contributed by atoms with E-state index in [2.05, 4.69) is 27.4 Å². The first-order chi connectivity index (χ1) is 15.7. The van der Waals surface area contributed by atoms with Crippen molar-refractivity contribution in [2.75, 3.05) is 12.4 Å². The first-order valence-corrected chi connectivity index (χ1v) is 10.6. The van der Waals surface area contributed by atoms with Gasteiger partial charge < -0.3 is 9.30 Å². The Hall–Kier alpha value is -3.65. The van der Waals surface area contributed by atoms with Crippen molar-refractivity contribution in [2.24, 2.45) is 13.0 Å². The van der Waals surface area contributed by atoms with Crippen molar-refractivity contribution in [1.82, 2.24) is 14.8 Å². The number of carbonyl (C=O) groups is 1. The number of halogens is 3. The monoisotopic (exact) mass is 474 g/mol. The third-order valence-electron chi connectivity index (χ3n) is 4.90. The summed E-state index contributed by atoms with van der Waals surface area (Å²) in [5.74, 6) is 5.70. The van der Waals surface area contributed by atoms with Crippen molar-refractivity contribution < 1.29 is 22.7 Å². The number of ether oxygens (including phenoxy) is 1. The summed E-state index contributed by atoms with van der Waals surface area (Å²) in [6.45, 7) is 0. The molecule has 0 unspecified atom stereocenters. The highest BCUT2D eigenvalue weighted by Crippen LogP contribution is 2.38. The zero-order valence-electron chi connectivity index (χ0n) is 17.5. The predicted molar refractivity (Wildman–Crippen MR) is 116 cm³/mol. The molecule has 0 radical (unpaired) electrons. The molecule has 2 aromatic heterocycles. The molecule has 7 nitrogen and oxygen atoms in total. The molecule has 1 N–H and O–H groups in total. The Morgan fingerprint density at radius 3 is 2.67 bits per heavy atom. The number of aromatic nitrogens is 3. The molecule has 0 spiro atoms. The standard InChI is InChI=1S/C22H17F3N4O3S/c1-29-11-16(14-9-13(22(23,24)25)6-7-17(14)32-2)15(10-19(29)30)20(31)26-21-28-27-18(33-21)8-5-12-3-4-12/h6-7,9-12H,3-4H2,1-2H3,(H,26,28,31). The second kappa shape index (κ2) is 8.71. The fraction of sp³-hybridized carbons (Fsp3) is 0.273. The molecule has 4 rings (SSSR count). The Kier molecular flexibility index (Phi) is 5.95. The number of benzene rings is 1. The number of hydrogen-bond acceptors (Lipinski definition) is 6. The maximum Gasteiger partial charge on any atom is 0.416 e. The summed E-state index contributed by atoms with van der Waals surface area (Å²) in [5.41, 5.74) is -1.45. The molecule has 2 heterocycles. The lowest BCUT2D eigenvalue weighted by molar-refractivity contribution is -0.137. The number of amides is 1. The van der Waals surface area contributed by atoms with Crippen molar-refractivity contribution in [2.45, 2.75) is 19.0 Å². The molecule has 1 saturated carbocycles. The lowest BCUT2D eigenvalue weighted by Crippen LogP contribution is -2.22. The van der Waals surface area contributed by atoms with Crippen LogP contribution in [-0.4, -0.2) is 27.8 Å². The highest BCUT2D eigenvalue weighted by atomic mass is 32.1. The van der Waals surface area contributed by atoms with E-state index < -0.39 is 23.2 Å². The lowest BCUT2D eigenvalue weighted by atomic mass is 9.98. The van der Waals surface area contributed by atoms with Gasteiger partial charge in [-0.2, -0.15) is 13.2 Å². The Labute approximate surface area is 190 Å². The van der Waals surface area contributed by atoms with Gasteiger partial charge in [-0.1, -0.05) is 17.3 Å². The molecule has 1 amide bonds. The maximum atomic E-state index is 13.3.